The van der Waals surface area contributed by atoms with Gasteiger partial charge >= 0.3 is 0 Å². The summed E-state index contributed by atoms with van der Waals surface area (Å²) in [7, 11) is 0. The van der Waals surface area contributed by atoms with Crippen molar-refractivity contribution in [1.82, 2.24) is 4.57 Å². The summed E-state index contributed by atoms with van der Waals surface area (Å²) in [5.74, 6) is 0. The van der Waals surface area contributed by atoms with Gasteiger partial charge in [0.05, 0.1) is 40.0 Å². The Kier molecular flexibility index (Phi) is 12.2. The van der Waals surface area contributed by atoms with Gasteiger partial charge in [-0.2, -0.15) is 10.5 Å². The van der Waals surface area contributed by atoms with Crippen LogP contribution in [0, 0.1) is 29.6 Å². The molecule has 16 rings (SSSR count). The smallest absolute Gasteiger partial charge is 0.252 e. The maximum absolute atomic E-state index is 10.5. The monoisotopic (exact) mass is 1110 g/mol. The summed E-state index contributed by atoms with van der Waals surface area (Å²) in [6.07, 6.45) is 0. The van der Waals surface area contributed by atoms with E-state index >= 15 is 0 Å². The van der Waals surface area contributed by atoms with Crippen LogP contribution in [-0.4, -0.2) is 11.3 Å². The van der Waals surface area contributed by atoms with Gasteiger partial charge in [0.25, 0.3) is 6.71 Å². The number of benzene rings is 13. The van der Waals surface area contributed by atoms with Crippen molar-refractivity contribution < 1.29 is 0 Å². The molecule has 404 valence electrons. The number of hydrogen-bond donors (Lipinski definition) is 0. The average Bonchev–Trinajstić information content (AvgIpc) is 1.20. The fourth-order valence-corrected chi connectivity index (χ4v) is 13.6. The molecular formula is C81H52BN5. The first-order valence-electron chi connectivity index (χ1n) is 29.5. The minimum Gasteiger partial charge on any atom is -0.311 e. The van der Waals surface area contributed by atoms with Gasteiger partial charge in [-0.3, -0.25) is 0 Å². The summed E-state index contributed by atoms with van der Waals surface area (Å²) < 4.78 is 2.30. The number of aryl methyl sites for hydroxylation is 1. The molecule has 6 heteroatoms. The van der Waals surface area contributed by atoms with Crippen molar-refractivity contribution >= 4 is 79.0 Å². The number of anilines is 6. The Labute approximate surface area is 506 Å². The predicted molar refractivity (Wildman–Crippen MR) is 362 cm³/mol. The minimum absolute atomic E-state index is 0.154. The van der Waals surface area contributed by atoms with Crippen LogP contribution >= 0.6 is 0 Å². The van der Waals surface area contributed by atoms with E-state index in [1.54, 1.807) is 0 Å². The van der Waals surface area contributed by atoms with Gasteiger partial charge in [-0.15, -0.1) is 0 Å². The topological polar surface area (TPSA) is 59.0 Å². The van der Waals surface area contributed by atoms with Crippen molar-refractivity contribution in [3.63, 3.8) is 0 Å². The number of para-hydroxylation sites is 1. The third kappa shape index (κ3) is 8.62. The van der Waals surface area contributed by atoms with Gasteiger partial charge < -0.3 is 14.4 Å². The molecule has 0 spiro atoms. The van der Waals surface area contributed by atoms with Crippen LogP contribution in [0.1, 0.15) is 16.7 Å². The molecule has 87 heavy (non-hydrogen) atoms. The van der Waals surface area contributed by atoms with E-state index in [1.165, 1.54) is 49.8 Å². The van der Waals surface area contributed by atoms with Crippen LogP contribution in [0.5, 0.6) is 0 Å². The van der Waals surface area contributed by atoms with Crippen LogP contribution in [0.4, 0.5) is 34.1 Å². The summed E-state index contributed by atoms with van der Waals surface area (Å²) in [4.78, 5) is 5.02. The van der Waals surface area contributed by atoms with Crippen molar-refractivity contribution in [1.29, 1.82) is 10.5 Å². The summed E-state index contributed by atoms with van der Waals surface area (Å²) in [5, 5.41) is 23.0. The molecule has 1 aromatic heterocycles. The molecule has 2 aliphatic heterocycles. The number of hydrogen-bond acceptors (Lipinski definition) is 4. The molecule has 13 aromatic carbocycles. The fraction of sp³-hybridized carbons (Fsp3) is 0.0123. The molecule has 0 aliphatic carbocycles. The zero-order valence-corrected chi connectivity index (χ0v) is 47.6. The number of fused-ring (bicyclic) bond motifs is 7. The van der Waals surface area contributed by atoms with Crippen LogP contribution in [-0.2, 0) is 0 Å². The Morgan fingerprint density at radius 2 is 0.759 bits per heavy atom. The number of nitriles is 2. The van der Waals surface area contributed by atoms with Crippen LogP contribution in [0.25, 0.3) is 94.3 Å². The highest BCUT2D eigenvalue weighted by Gasteiger charge is 2.44. The molecule has 0 saturated heterocycles. The van der Waals surface area contributed by atoms with Crippen molar-refractivity contribution in [3.05, 3.63) is 314 Å². The van der Waals surface area contributed by atoms with E-state index < -0.39 is 0 Å². The number of rotatable bonds is 9. The maximum atomic E-state index is 10.5. The highest BCUT2D eigenvalue weighted by molar-refractivity contribution is 7.00. The largest absolute Gasteiger partial charge is 0.311 e. The quantitative estimate of drug-likeness (QED) is 0.135. The van der Waals surface area contributed by atoms with Gasteiger partial charge in [0.15, 0.2) is 0 Å². The van der Waals surface area contributed by atoms with E-state index in [0.717, 1.165) is 101 Å². The predicted octanol–water partition coefficient (Wildman–Crippen LogP) is 18.9. The molecule has 3 heterocycles. The van der Waals surface area contributed by atoms with E-state index in [2.05, 4.69) is 287 Å². The Hall–Kier alpha value is -11.7. The molecule has 0 unspecified atom stereocenters. The van der Waals surface area contributed by atoms with Gasteiger partial charge in [-0.05, 0) is 176 Å². The highest BCUT2D eigenvalue weighted by Crippen LogP contribution is 2.49. The number of aromatic nitrogens is 1. The molecule has 5 nitrogen and oxygen atoms in total. The summed E-state index contributed by atoms with van der Waals surface area (Å²) in [6, 6.07) is 112. The molecule has 0 bridgehead atoms. The fourth-order valence-electron chi connectivity index (χ4n) is 13.6. The first-order chi connectivity index (χ1) is 43.0. The normalized spacial score (nSPS) is 12.1. The molecule has 0 radical (unpaired) electrons. The lowest BCUT2D eigenvalue weighted by atomic mass is 9.33. The first kappa shape index (κ1) is 51.0. The SMILES string of the molecule is Cc1ccc(-c2cc(C#N)ccc2-n2c3ccccc3c3cc(-c4cc5c6c(c4)N(c4ccc(-c7ccccc7)cc4)c4ccc(-c7ccccc7)cc4B6c4cc(-c6ccccc6)ccc4N5c4ccc(-c5ccccc5)cc4)ccc32)c(C#N)c1. The molecule has 14 aromatic rings. The van der Waals surface area contributed by atoms with E-state index in [9.17, 15) is 10.5 Å². The molecule has 0 fully saturated rings. The lowest BCUT2D eigenvalue weighted by Crippen LogP contribution is -2.61. The van der Waals surface area contributed by atoms with E-state index in [-0.39, 0.29) is 6.71 Å². The van der Waals surface area contributed by atoms with Crippen molar-refractivity contribution in [2.75, 3.05) is 9.80 Å². The maximum Gasteiger partial charge on any atom is 0.252 e. The molecule has 0 atom stereocenters. The second-order valence-electron chi connectivity index (χ2n) is 22.7. The van der Waals surface area contributed by atoms with Crippen molar-refractivity contribution in [3.8, 4) is 84.6 Å². The summed E-state index contributed by atoms with van der Waals surface area (Å²) in [6.45, 7) is 1.85. The van der Waals surface area contributed by atoms with Crippen LogP contribution in [0.15, 0.2) is 297 Å². The minimum atomic E-state index is -0.154. The zero-order chi connectivity index (χ0) is 58.1. The van der Waals surface area contributed by atoms with Gasteiger partial charge in [-0.25, -0.2) is 0 Å². The third-order valence-corrected chi connectivity index (χ3v) is 17.7. The average molecular weight is 1110 g/mol. The molecule has 0 saturated carbocycles. The summed E-state index contributed by atoms with van der Waals surface area (Å²) >= 11 is 0. The highest BCUT2D eigenvalue weighted by atomic mass is 15.2. The molecular weight excluding hydrogens is 1050 g/mol. The standard InChI is InChI=1S/C81H52BN5/c1-53-26-39-68(65(44-53)52-84)70-45-54(51-83)27-40-75(70)87-74-25-15-14-24-69(74)71-46-61(32-41-76(71)87)64-49-79-81-80(50-64)86(67-37-30-60(31-38-67)56-18-8-3-9-19-56)78-43-34-63(58-22-12-5-13-23-58)48-73(78)82(81)72-47-62(57-20-10-4-11-21-57)33-42-77(72)85(79)66-35-28-59(29-36-66)55-16-6-2-7-17-55/h2-50H,1H3. The van der Waals surface area contributed by atoms with Crippen molar-refractivity contribution in [2.24, 2.45) is 0 Å². The molecule has 0 amide bonds. The van der Waals surface area contributed by atoms with E-state index in [1.807, 2.05) is 43.3 Å². The Morgan fingerprint density at radius 3 is 1.29 bits per heavy atom. The first-order valence-corrected chi connectivity index (χ1v) is 29.5. The third-order valence-electron chi connectivity index (χ3n) is 17.7. The molecule has 2 aliphatic rings. The Bertz CT molecular complexity index is 4920. The van der Waals surface area contributed by atoms with Crippen LogP contribution in [0.3, 0.4) is 0 Å². The van der Waals surface area contributed by atoms with Crippen LogP contribution in [0.2, 0.25) is 0 Å². The van der Waals surface area contributed by atoms with Gasteiger partial charge in [0.1, 0.15) is 0 Å². The lowest BCUT2D eigenvalue weighted by Gasteiger charge is -2.44. The van der Waals surface area contributed by atoms with E-state index in [4.69, 9.17) is 0 Å². The number of nitrogens with zero attached hydrogens (tertiary/aromatic N) is 5. The van der Waals surface area contributed by atoms with Crippen LogP contribution < -0.4 is 26.2 Å². The molecule has 0 N–H and O–H groups in total. The van der Waals surface area contributed by atoms with Crippen molar-refractivity contribution in [2.45, 2.75) is 6.92 Å². The van der Waals surface area contributed by atoms with E-state index in [0.29, 0.717) is 11.1 Å². The summed E-state index contributed by atoms with van der Waals surface area (Å²) in [5.41, 5.74) is 28.4. The van der Waals surface area contributed by atoms with Gasteiger partial charge in [0.2, 0.25) is 0 Å². The Balaban J connectivity index is 0.968. The zero-order valence-electron chi connectivity index (χ0n) is 47.6. The van der Waals surface area contributed by atoms with Gasteiger partial charge in [-0.1, -0.05) is 206 Å². The Morgan fingerprint density at radius 1 is 0.310 bits per heavy atom. The second kappa shape index (κ2) is 20.9. The second-order valence-corrected chi connectivity index (χ2v) is 22.7. The lowest BCUT2D eigenvalue weighted by molar-refractivity contribution is 1.18. The van der Waals surface area contributed by atoms with Gasteiger partial charge in [0, 0.05) is 56.0 Å².